The second-order valence-corrected chi connectivity index (χ2v) is 6.55. The van der Waals surface area contributed by atoms with Gasteiger partial charge in [0.25, 0.3) is 5.69 Å². The number of benzene rings is 1. The van der Waals surface area contributed by atoms with E-state index in [4.69, 9.17) is 4.74 Å². The van der Waals surface area contributed by atoms with Crippen LogP contribution in [0.15, 0.2) is 23.1 Å². The molecule has 0 bridgehead atoms. The van der Waals surface area contributed by atoms with E-state index in [1.54, 1.807) is 0 Å². The molecule has 1 aliphatic heterocycles. The second kappa shape index (κ2) is 6.37. The van der Waals surface area contributed by atoms with Crippen LogP contribution < -0.4 is 10.0 Å². The molecule has 0 saturated carbocycles. The summed E-state index contributed by atoms with van der Waals surface area (Å²) < 4.78 is 30.9. The largest absolute Gasteiger partial charge is 0.377 e. The highest BCUT2D eigenvalue weighted by atomic mass is 32.2. The molecule has 1 aromatic rings. The van der Waals surface area contributed by atoms with Gasteiger partial charge in [-0.3, -0.25) is 10.1 Å². The lowest BCUT2D eigenvalue weighted by Crippen LogP contribution is -2.20. The van der Waals surface area contributed by atoms with Gasteiger partial charge in [0, 0.05) is 19.2 Å². The highest BCUT2D eigenvalue weighted by Crippen LogP contribution is 2.28. The van der Waals surface area contributed by atoms with E-state index in [2.05, 4.69) is 10.0 Å². The first-order valence-electron chi connectivity index (χ1n) is 6.51. The molecule has 1 atom stereocenters. The van der Waals surface area contributed by atoms with Crippen LogP contribution in [0.5, 0.6) is 0 Å². The van der Waals surface area contributed by atoms with E-state index in [0.29, 0.717) is 13.2 Å². The summed E-state index contributed by atoms with van der Waals surface area (Å²) in [4.78, 5) is 10.4. The lowest BCUT2D eigenvalue weighted by atomic mass is 10.2. The van der Waals surface area contributed by atoms with Crippen molar-refractivity contribution in [3.63, 3.8) is 0 Å². The number of ether oxygens (including phenoxy) is 1. The van der Waals surface area contributed by atoms with Crippen molar-refractivity contribution in [3.05, 3.63) is 28.3 Å². The normalized spacial score (nSPS) is 18.6. The zero-order valence-electron chi connectivity index (χ0n) is 11.5. The molecule has 1 fully saturated rings. The second-order valence-electron chi connectivity index (χ2n) is 4.66. The lowest BCUT2D eigenvalue weighted by molar-refractivity contribution is -0.384. The van der Waals surface area contributed by atoms with Gasteiger partial charge in [-0.25, -0.2) is 13.1 Å². The van der Waals surface area contributed by atoms with Crippen molar-refractivity contribution >= 4 is 21.4 Å². The van der Waals surface area contributed by atoms with Crippen molar-refractivity contribution in [2.24, 2.45) is 0 Å². The number of nitro benzene ring substituents is 1. The summed E-state index contributed by atoms with van der Waals surface area (Å²) in [6.07, 6.45) is 1.92. The molecule has 8 nitrogen and oxygen atoms in total. The summed E-state index contributed by atoms with van der Waals surface area (Å²) in [6.45, 7) is 1.16. The Morgan fingerprint density at radius 1 is 1.48 bits per heavy atom. The molecule has 2 rings (SSSR count). The molecule has 1 saturated heterocycles. The fourth-order valence-electron chi connectivity index (χ4n) is 2.13. The molecule has 1 unspecified atom stereocenters. The number of sulfonamides is 1. The van der Waals surface area contributed by atoms with Crippen molar-refractivity contribution in [2.75, 3.05) is 25.5 Å². The zero-order valence-corrected chi connectivity index (χ0v) is 12.4. The number of hydrogen-bond acceptors (Lipinski definition) is 6. The van der Waals surface area contributed by atoms with Crippen molar-refractivity contribution in [1.29, 1.82) is 0 Å². The van der Waals surface area contributed by atoms with Gasteiger partial charge in [-0.05, 0) is 32.0 Å². The van der Waals surface area contributed by atoms with Crippen LogP contribution in [0.1, 0.15) is 12.8 Å². The minimum atomic E-state index is -3.71. The molecule has 9 heteroatoms. The molecule has 0 amide bonds. The standard InChI is InChI=1S/C12H17N3O5S/c1-13-21(18,19)10-4-5-11(12(7-10)15(16)17)14-8-9-3-2-6-20-9/h4-5,7,9,13-14H,2-3,6,8H2,1H3. The quantitative estimate of drug-likeness (QED) is 0.600. The van der Waals surface area contributed by atoms with Crippen LogP contribution >= 0.6 is 0 Å². The Morgan fingerprint density at radius 3 is 2.81 bits per heavy atom. The monoisotopic (exact) mass is 315 g/mol. The molecule has 1 aromatic carbocycles. The SMILES string of the molecule is CNS(=O)(=O)c1ccc(NCC2CCCO2)c([N+](=O)[O-])c1. The minimum absolute atomic E-state index is 0.0327. The van der Waals surface area contributed by atoms with Crippen LogP contribution in [0.2, 0.25) is 0 Å². The van der Waals surface area contributed by atoms with Crippen molar-refractivity contribution in [1.82, 2.24) is 4.72 Å². The first-order chi connectivity index (χ1) is 9.94. The molecular weight excluding hydrogens is 298 g/mol. The van der Waals surface area contributed by atoms with Gasteiger partial charge in [-0.2, -0.15) is 0 Å². The maximum atomic E-state index is 11.7. The van der Waals surface area contributed by atoms with E-state index >= 15 is 0 Å². The van der Waals surface area contributed by atoms with E-state index < -0.39 is 14.9 Å². The van der Waals surface area contributed by atoms with E-state index in [1.807, 2.05) is 0 Å². The fourth-order valence-corrected chi connectivity index (χ4v) is 2.88. The van der Waals surface area contributed by atoms with Crippen LogP contribution in [0.4, 0.5) is 11.4 Å². The fraction of sp³-hybridized carbons (Fsp3) is 0.500. The molecule has 1 aliphatic rings. The summed E-state index contributed by atoms with van der Waals surface area (Å²) in [6, 6.07) is 3.78. The predicted molar refractivity (Wildman–Crippen MR) is 76.8 cm³/mol. The Labute approximate surface area is 122 Å². The van der Waals surface area contributed by atoms with E-state index in [1.165, 1.54) is 19.2 Å². The molecule has 0 radical (unpaired) electrons. The van der Waals surface area contributed by atoms with Crippen LogP contribution in [-0.4, -0.2) is 39.6 Å². The Balaban J connectivity index is 2.22. The molecule has 21 heavy (non-hydrogen) atoms. The number of anilines is 1. The maximum Gasteiger partial charge on any atom is 0.293 e. The number of hydrogen-bond donors (Lipinski definition) is 2. The Bertz CT molecular complexity index is 626. The van der Waals surface area contributed by atoms with Gasteiger partial charge >= 0.3 is 0 Å². The molecule has 116 valence electrons. The minimum Gasteiger partial charge on any atom is -0.377 e. The smallest absolute Gasteiger partial charge is 0.293 e. The first-order valence-corrected chi connectivity index (χ1v) is 8.00. The Hall–Kier alpha value is -1.71. The highest BCUT2D eigenvalue weighted by molar-refractivity contribution is 7.89. The van der Waals surface area contributed by atoms with Gasteiger partial charge in [-0.15, -0.1) is 0 Å². The van der Waals surface area contributed by atoms with Gasteiger partial charge in [0.05, 0.1) is 15.9 Å². The van der Waals surface area contributed by atoms with Gasteiger partial charge in [0.2, 0.25) is 10.0 Å². The van der Waals surface area contributed by atoms with Gasteiger partial charge in [0.15, 0.2) is 0 Å². The van der Waals surface area contributed by atoms with Crippen LogP contribution in [0, 0.1) is 10.1 Å². The van der Waals surface area contributed by atoms with Crippen molar-refractivity contribution in [2.45, 2.75) is 23.8 Å². The van der Waals surface area contributed by atoms with Gasteiger partial charge in [-0.1, -0.05) is 0 Å². The topological polar surface area (TPSA) is 111 Å². The third-order valence-electron chi connectivity index (χ3n) is 3.29. The highest BCUT2D eigenvalue weighted by Gasteiger charge is 2.22. The summed E-state index contributed by atoms with van der Waals surface area (Å²) in [5.41, 5.74) is 0.00914. The molecule has 0 aliphatic carbocycles. The molecular formula is C12H17N3O5S. The van der Waals surface area contributed by atoms with Crippen LogP contribution in [-0.2, 0) is 14.8 Å². The molecule has 0 spiro atoms. The first kappa shape index (κ1) is 15.7. The van der Waals surface area contributed by atoms with Crippen LogP contribution in [0.3, 0.4) is 0 Å². The third-order valence-corrected chi connectivity index (χ3v) is 4.70. The zero-order chi connectivity index (χ0) is 15.5. The van der Waals surface area contributed by atoms with Gasteiger partial charge < -0.3 is 10.1 Å². The van der Waals surface area contributed by atoms with E-state index in [0.717, 1.165) is 18.9 Å². The van der Waals surface area contributed by atoms with E-state index in [-0.39, 0.29) is 22.4 Å². The summed E-state index contributed by atoms with van der Waals surface area (Å²) in [7, 11) is -2.45. The van der Waals surface area contributed by atoms with Crippen molar-refractivity contribution in [3.8, 4) is 0 Å². The Morgan fingerprint density at radius 2 is 2.24 bits per heavy atom. The van der Waals surface area contributed by atoms with Gasteiger partial charge in [0.1, 0.15) is 5.69 Å². The lowest BCUT2D eigenvalue weighted by Gasteiger charge is -2.12. The van der Waals surface area contributed by atoms with Crippen LogP contribution in [0.25, 0.3) is 0 Å². The summed E-state index contributed by atoms with van der Waals surface area (Å²) >= 11 is 0. The summed E-state index contributed by atoms with van der Waals surface area (Å²) in [5.74, 6) is 0. The number of nitro groups is 1. The maximum absolute atomic E-state index is 11.7. The number of nitrogens with one attached hydrogen (secondary N) is 2. The Kier molecular flexibility index (Phi) is 4.76. The van der Waals surface area contributed by atoms with Crippen molar-refractivity contribution < 1.29 is 18.1 Å². The number of nitrogens with zero attached hydrogens (tertiary/aromatic N) is 1. The molecule has 0 aromatic heterocycles. The molecule has 1 heterocycles. The average molecular weight is 315 g/mol. The number of rotatable bonds is 6. The molecule has 2 N–H and O–H groups in total. The predicted octanol–water partition coefficient (Wildman–Crippen LogP) is 1.09. The average Bonchev–Trinajstić information content (AvgIpc) is 2.98. The van der Waals surface area contributed by atoms with E-state index in [9.17, 15) is 18.5 Å². The third kappa shape index (κ3) is 3.69. The summed E-state index contributed by atoms with van der Waals surface area (Å²) in [5, 5.41) is 14.1.